The van der Waals surface area contributed by atoms with Crippen LogP contribution in [0, 0.1) is 0 Å². The fourth-order valence-electron chi connectivity index (χ4n) is 1.28. The smallest absolute Gasteiger partial charge is 0.310 e. The molecule has 0 saturated carbocycles. The van der Waals surface area contributed by atoms with E-state index in [0.29, 0.717) is 16.9 Å². The average Bonchev–Trinajstić information content (AvgIpc) is 2.12. The molecule has 1 rings (SSSR count). The Kier molecular flexibility index (Phi) is 2.51. The highest BCUT2D eigenvalue weighted by molar-refractivity contribution is 5.85. The lowest BCUT2D eigenvalue weighted by Crippen LogP contribution is -2.13. The van der Waals surface area contributed by atoms with Gasteiger partial charge in [0.25, 0.3) is 0 Å². The molecule has 5 nitrogen and oxygen atoms in total. The second-order valence-electron chi connectivity index (χ2n) is 3.13. The van der Waals surface area contributed by atoms with Gasteiger partial charge in [0.1, 0.15) is 0 Å². The van der Waals surface area contributed by atoms with E-state index in [0.717, 1.165) is 0 Å². The number of benzene rings is 1. The van der Waals surface area contributed by atoms with Crippen molar-refractivity contribution in [3.05, 3.63) is 17.7 Å². The maximum atomic E-state index is 10.8. The molecule has 0 aliphatic rings. The molecule has 1 atom stereocenters. The van der Waals surface area contributed by atoms with E-state index in [4.69, 9.17) is 22.3 Å². The fraction of sp³-hybridized carbons (Fsp3) is 0.222. The molecule has 0 fully saturated rings. The fourth-order valence-corrected chi connectivity index (χ4v) is 1.28. The van der Waals surface area contributed by atoms with Crippen LogP contribution in [0.2, 0.25) is 0 Å². The molecule has 0 heterocycles. The molecule has 0 aliphatic carbocycles. The molecule has 7 N–H and O–H groups in total. The van der Waals surface area contributed by atoms with Crippen molar-refractivity contribution in [3.63, 3.8) is 0 Å². The minimum atomic E-state index is -0.978. The third-order valence-corrected chi connectivity index (χ3v) is 2.16. The predicted octanol–water partition coefficient (Wildman–Crippen LogP) is 0.621. The molecule has 0 aliphatic heterocycles. The zero-order chi connectivity index (χ0) is 10.9. The van der Waals surface area contributed by atoms with Crippen molar-refractivity contribution in [1.82, 2.24) is 0 Å². The zero-order valence-corrected chi connectivity index (χ0v) is 7.82. The molecule has 0 spiro atoms. The van der Waals surface area contributed by atoms with Gasteiger partial charge in [-0.05, 0) is 19.1 Å². The van der Waals surface area contributed by atoms with Crippen LogP contribution < -0.4 is 17.2 Å². The Balaban J connectivity index is 3.32. The number of hydrogen-bond acceptors (Lipinski definition) is 4. The number of carboxylic acid groups (broad SMARTS) is 1. The minimum absolute atomic E-state index is 0.250. The summed E-state index contributed by atoms with van der Waals surface area (Å²) in [6, 6.07) is 3.11. The Morgan fingerprint density at radius 3 is 2.29 bits per heavy atom. The van der Waals surface area contributed by atoms with Gasteiger partial charge in [-0.1, -0.05) is 0 Å². The Labute approximate surface area is 81.5 Å². The molecule has 0 aromatic heterocycles. The molecule has 0 bridgehead atoms. The van der Waals surface area contributed by atoms with Gasteiger partial charge in [0, 0.05) is 11.3 Å². The van der Waals surface area contributed by atoms with E-state index in [2.05, 4.69) is 0 Å². The number of hydrogen-bond donors (Lipinski definition) is 4. The highest BCUT2D eigenvalue weighted by atomic mass is 16.4. The van der Waals surface area contributed by atoms with Gasteiger partial charge in [-0.25, -0.2) is 0 Å². The molecule has 0 amide bonds. The van der Waals surface area contributed by atoms with Gasteiger partial charge in [-0.2, -0.15) is 0 Å². The summed E-state index contributed by atoms with van der Waals surface area (Å²) >= 11 is 0. The number of anilines is 3. The number of rotatable bonds is 2. The second-order valence-corrected chi connectivity index (χ2v) is 3.13. The van der Waals surface area contributed by atoms with E-state index in [-0.39, 0.29) is 5.69 Å². The zero-order valence-electron chi connectivity index (χ0n) is 7.82. The van der Waals surface area contributed by atoms with Gasteiger partial charge < -0.3 is 22.3 Å². The number of carboxylic acids is 1. The summed E-state index contributed by atoms with van der Waals surface area (Å²) in [6.45, 7) is 1.52. The predicted molar refractivity (Wildman–Crippen MR) is 55.7 cm³/mol. The van der Waals surface area contributed by atoms with Gasteiger partial charge >= 0.3 is 5.97 Å². The third-order valence-electron chi connectivity index (χ3n) is 2.16. The molecular weight excluding hydrogens is 182 g/mol. The molecule has 14 heavy (non-hydrogen) atoms. The normalized spacial score (nSPS) is 12.4. The Morgan fingerprint density at radius 1 is 1.29 bits per heavy atom. The highest BCUT2D eigenvalue weighted by Crippen LogP contribution is 2.32. The van der Waals surface area contributed by atoms with Crippen molar-refractivity contribution in [3.8, 4) is 0 Å². The van der Waals surface area contributed by atoms with Gasteiger partial charge in [0.15, 0.2) is 0 Å². The van der Waals surface area contributed by atoms with Crippen LogP contribution in [0.4, 0.5) is 17.1 Å². The topological polar surface area (TPSA) is 115 Å². The van der Waals surface area contributed by atoms with E-state index < -0.39 is 11.9 Å². The molecule has 0 saturated heterocycles. The molecule has 1 aromatic carbocycles. The minimum Gasteiger partial charge on any atom is -0.481 e. The second kappa shape index (κ2) is 3.45. The van der Waals surface area contributed by atoms with Crippen molar-refractivity contribution < 1.29 is 9.90 Å². The Bertz CT molecular complexity index is 377. The van der Waals surface area contributed by atoms with Crippen LogP contribution in [-0.4, -0.2) is 11.1 Å². The summed E-state index contributed by atoms with van der Waals surface area (Å²) in [5, 5.41) is 8.82. The van der Waals surface area contributed by atoms with E-state index in [1.807, 2.05) is 0 Å². The van der Waals surface area contributed by atoms with Crippen molar-refractivity contribution in [2.24, 2.45) is 0 Å². The van der Waals surface area contributed by atoms with Crippen LogP contribution in [0.3, 0.4) is 0 Å². The van der Waals surface area contributed by atoms with E-state index in [1.54, 1.807) is 12.1 Å². The summed E-state index contributed by atoms with van der Waals surface area (Å²) in [5.41, 5.74) is 18.2. The first kappa shape index (κ1) is 10.2. The van der Waals surface area contributed by atoms with Gasteiger partial charge in [0.2, 0.25) is 0 Å². The summed E-state index contributed by atoms with van der Waals surface area (Å²) in [6.07, 6.45) is 0. The summed E-state index contributed by atoms with van der Waals surface area (Å²) in [5.74, 6) is -1.73. The first-order chi connectivity index (χ1) is 6.45. The average molecular weight is 195 g/mol. The first-order valence-corrected chi connectivity index (χ1v) is 4.11. The highest BCUT2D eigenvalue weighted by Gasteiger charge is 2.20. The Hall–Kier alpha value is -1.91. The maximum absolute atomic E-state index is 10.8. The van der Waals surface area contributed by atoms with Crippen LogP contribution in [0.5, 0.6) is 0 Å². The van der Waals surface area contributed by atoms with Crippen molar-refractivity contribution >= 4 is 23.0 Å². The summed E-state index contributed by atoms with van der Waals surface area (Å²) in [4.78, 5) is 10.8. The first-order valence-electron chi connectivity index (χ1n) is 4.11. The number of nitrogens with two attached hydrogens (primary N) is 3. The van der Waals surface area contributed by atoms with Crippen LogP contribution >= 0.6 is 0 Å². The summed E-state index contributed by atoms with van der Waals surface area (Å²) < 4.78 is 0. The molecule has 5 heteroatoms. The van der Waals surface area contributed by atoms with Crippen LogP contribution in [-0.2, 0) is 4.79 Å². The molecule has 1 aromatic rings. The molecule has 76 valence electrons. The lowest BCUT2D eigenvalue weighted by Gasteiger charge is -2.14. The van der Waals surface area contributed by atoms with Crippen LogP contribution in [0.15, 0.2) is 12.1 Å². The quantitative estimate of drug-likeness (QED) is 0.516. The summed E-state index contributed by atoms with van der Waals surface area (Å²) in [7, 11) is 0. The third kappa shape index (κ3) is 1.56. The van der Waals surface area contributed by atoms with Crippen LogP contribution in [0.25, 0.3) is 0 Å². The number of nitrogen functional groups attached to an aromatic ring is 3. The standard InChI is InChI=1S/C9H13N3O2/c1-4(9(13)14)7-5(10)2-3-6(11)8(7)12/h2-4H,10-12H2,1H3,(H,13,14). The monoisotopic (exact) mass is 195 g/mol. The van der Waals surface area contributed by atoms with Crippen LogP contribution in [0.1, 0.15) is 18.4 Å². The number of aliphatic carboxylic acids is 1. The van der Waals surface area contributed by atoms with Crippen molar-refractivity contribution in [2.75, 3.05) is 17.2 Å². The lowest BCUT2D eigenvalue weighted by molar-refractivity contribution is -0.138. The van der Waals surface area contributed by atoms with E-state index in [9.17, 15) is 4.79 Å². The lowest BCUT2D eigenvalue weighted by atomic mass is 9.97. The van der Waals surface area contributed by atoms with Crippen molar-refractivity contribution in [2.45, 2.75) is 12.8 Å². The van der Waals surface area contributed by atoms with E-state index in [1.165, 1.54) is 6.92 Å². The van der Waals surface area contributed by atoms with Crippen molar-refractivity contribution in [1.29, 1.82) is 0 Å². The molecule has 0 radical (unpaired) electrons. The maximum Gasteiger partial charge on any atom is 0.310 e. The SMILES string of the molecule is CC(C(=O)O)c1c(N)ccc(N)c1N. The van der Waals surface area contributed by atoms with Gasteiger partial charge in [-0.15, -0.1) is 0 Å². The van der Waals surface area contributed by atoms with Gasteiger partial charge in [0.05, 0.1) is 17.3 Å². The largest absolute Gasteiger partial charge is 0.481 e. The molecular formula is C9H13N3O2. The Morgan fingerprint density at radius 2 is 1.79 bits per heavy atom. The number of carbonyl (C=O) groups is 1. The van der Waals surface area contributed by atoms with Gasteiger partial charge in [-0.3, -0.25) is 4.79 Å². The van der Waals surface area contributed by atoms with E-state index >= 15 is 0 Å². The molecule has 1 unspecified atom stereocenters.